The molecule has 7 heteroatoms. The second kappa shape index (κ2) is 6.21. The smallest absolute Gasteiger partial charge is 0.238 e. The van der Waals surface area contributed by atoms with Crippen LogP contribution in [0.15, 0.2) is 23.1 Å². The van der Waals surface area contributed by atoms with Gasteiger partial charge in [-0.15, -0.1) is 0 Å². The lowest BCUT2D eigenvalue weighted by Crippen LogP contribution is -2.39. The Morgan fingerprint density at radius 2 is 1.95 bits per heavy atom. The fourth-order valence-corrected chi connectivity index (χ4v) is 2.95. The molecule has 0 radical (unpaired) electrons. The Morgan fingerprint density at radius 3 is 2.50 bits per heavy atom. The minimum atomic E-state index is -4.02. The van der Waals surface area contributed by atoms with Gasteiger partial charge in [0, 0.05) is 6.54 Å². The van der Waals surface area contributed by atoms with Crippen molar-refractivity contribution in [2.24, 2.45) is 5.92 Å². The summed E-state index contributed by atoms with van der Waals surface area (Å²) in [5.74, 6) is -1.14. The first-order valence-electron chi connectivity index (χ1n) is 6.23. The van der Waals surface area contributed by atoms with Crippen LogP contribution in [0.4, 0.5) is 10.1 Å². The summed E-state index contributed by atoms with van der Waals surface area (Å²) in [5, 5.41) is 1.21. The molecule has 0 saturated carbocycles. The number of hydrogen-bond donors (Lipinski definition) is 2. The average molecular weight is 302 g/mol. The molecule has 1 atom stereocenters. The van der Waals surface area contributed by atoms with Gasteiger partial charge in [-0.25, -0.2) is 12.8 Å². The molecule has 1 unspecified atom stereocenters. The summed E-state index contributed by atoms with van der Waals surface area (Å²) in [6.07, 6.45) is 0. The lowest BCUT2D eigenvalue weighted by atomic mass is 10.2. The number of amides is 1. The van der Waals surface area contributed by atoms with E-state index in [9.17, 15) is 17.6 Å². The first-order valence-corrected chi connectivity index (χ1v) is 7.77. The number of halogens is 1. The maximum absolute atomic E-state index is 13.2. The van der Waals surface area contributed by atoms with Crippen LogP contribution in [0.3, 0.4) is 0 Å². The third-order valence-electron chi connectivity index (χ3n) is 2.80. The maximum atomic E-state index is 13.2. The van der Waals surface area contributed by atoms with Gasteiger partial charge in [0.1, 0.15) is 11.1 Å². The number of benzene rings is 1. The van der Waals surface area contributed by atoms with Crippen LogP contribution in [0.5, 0.6) is 0 Å². The van der Waals surface area contributed by atoms with Crippen molar-refractivity contribution in [2.75, 3.05) is 12.3 Å². The SMILES string of the molecule is CC(C)CNC(=O)C(C)S(=O)(=O)c1cc(F)ccc1N. The van der Waals surface area contributed by atoms with Crippen molar-refractivity contribution >= 4 is 21.4 Å². The number of rotatable bonds is 5. The Labute approximate surface area is 118 Å². The number of hydrogen-bond acceptors (Lipinski definition) is 4. The zero-order chi connectivity index (χ0) is 15.5. The number of anilines is 1. The molecule has 0 fully saturated rings. The number of sulfone groups is 1. The van der Waals surface area contributed by atoms with Crippen LogP contribution in [0.25, 0.3) is 0 Å². The van der Waals surface area contributed by atoms with E-state index in [1.54, 1.807) is 0 Å². The Hall–Kier alpha value is -1.63. The number of nitrogens with two attached hydrogens (primary N) is 1. The summed E-state index contributed by atoms with van der Waals surface area (Å²) in [6.45, 7) is 5.42. The van der Waals surface area contributed by atoms with E-state index in [0.29, 0.717) is 6.54 Å². The number of carbonyl (C=O) groups excluding carboxylic acids is 1. The predicted octanol–water partition coefficient (Wildman–Crippen LogP) is 1.34. The van der Waals surface area contributed by atoms with Crippen LogP contribution >= 0.6 is 0 Å². The summed E-state index contributed by atoms with van der Waals surface area (Å²) in [4.78, 5) is 11.5. The molecule has 0 saturated heterocycles. The highest BCUT2D eigenvalue weighted by Gasteiger charge is 2.31. The zero-order valence-electron chi connectivity index (χ0n) is 11.7. The van der Waals surface area contributed by atoms with E-state index < -0.39 is 26.8 Å². The molecule has 112 valence electrons. The van der Waals surface area contributed by atoms with Crippen molar-refractivity contribution < 1.29 is 17.6 Å². The van der Waals surface area contributed by atoms with Crippen molar-refractivity contribution in [2.45, 2.75) is 30.9 Å². The van der Waals surface area contributed by atoms with E-state index in [1.165, 1.54) is 13.0 Å². The monoisotopic (exact) mass is 302 g/mol. The molecule has 20 heavy (non-hydrogen) atoms. The highest BCUT2D eigenvalue weighted by molar-refractivity contribution is 7.93. The quantitative estimate of drug-likeness (QED) is 0.803. The normalized spacial score (nSPS) is 13.2. The minimum absolute atomic E-state index is 0.0742. The van der Waals surface area contributed by atoms with Gasteiger partial charge in [-0.1, -0.05) is 13.8 Å². The lowest BCUT2D eigenvalue weighted by molar-refractivity contribution is -0.120. The van der Waals surface area contributed by atoms with Crippen LogP contribution < -0.4 is 11.1 Å². The van der Waals surface area contributed by atoms with Crippen LogP contribution in [-0.4, -0.2) is 26.1 Å². The minimum Gasteiger partial charge on any atom is -0.398 e. The molecular weight excluding hydrogens is 283 g/mol. The second-order valence-electron chi connectivity index (χ2n) is 5.01. The number of nitrogens with one attached hydrogen (secondary N) is 1. The second-order valence-corrected chi connectivity index (χ2v) is 7.25. The first kappa shape index (κ1) is 16.4. The van der Waals surface area contributed by atoms with Gasteiger partial charge in [-0.05, 0) is 31.0 Å². The molecule has 0 bridgehead atoms. The summed E-state index contributed by atoms with van der Waals surface area (Å²) < 4.78 is 37.7. The maximum Gasteiger partial charge on any atom is 0.238 e. The molecule has 3 N–H and O–H groups in total. The summed E-state index contributed by atoms with van der Waals surface area (Å²) in [5.41, 5.74) is 5.48. The molecule has 1 aromatic carbocycles. The average Bonchev–Trinajstić information content (AvgIpc) is 2.37. The Balaban J connectivity index is 3.04. The van der Waals surface area contributed by atoms with Crippen molar-refractivity contribution in [3.63, 3.8) is 0 Å². The molecule has 1 rings (SSSR count). The molecule has 1 aromatic rings. The van der Waals surface area contributed by atoms with E-state index in [2.05, 4.69) is 5.32 Å². The van der Waals surface area contributed by atoms with Gasteiger partial charge in [0.05, 0.1) is 10.6 Å². The summed E-state index contributed by atoms with van der Waals surface area (Å²) >= 11 is 0. The van der Waals surface area contributed by atoms with E-state index in [4.69, 9.17) is 5.73 Å². The molecule has 1 amide bonds. The molecule has 0 aliphatic rings. The third-order valence-corrected chi connectivity index (χ3v) is 4.91. The van der Waals surface area contributed by atoms with Gasteiger partial charge < -0.3 is 11.1 Å². The number of nitrogen functional groups attached to an aromatic ring is 1. The van der Waals surface area contributed by atoms with Crippen LogP contribution in [0.1, 0.15) is 20.8 Å². The topological polar surface area (TPSA) is 89.3 Å². The third kappa shape index (κ3) is 3.69. The van der Waals surface area contributed by atoms with E-state index in [0.717, 1.165) is 12.1 Å². The lowest BCUT2D eigenvalue weighted by Gasteiger charge is -2.15. The highest BCUT2D eigenvalue weighted by Crippen LogP contribution is 2.23. The van der Waals surface area contributed by atoms with Gasteiger partial charge in [-0.3, -0.25) is 4.79 Å². The predicted molar refractivity (Wildman–Crippen MR) is 75.3 cm³/mol. The standard InChI is InChI=1S/C13H19FN2O3S/c1-8(2)7-16-13(17)9(3)20(18,19)12-6-10(14)4-5-11(12)15/h4-6,8-9H,7,15H2,1-3H3,(H,16,17). The van der Waals surface area contributed by atoms with Crippen LogP contribution in [0.2, 0.25) is 0 Å². The van der Waals surface area contributed by atoms with E-state index in [1.807, 2.05) is 13.8 Å². The van der Waals surface area contributed by atoms with Gasteiger partial charge in [-0.2, -0.15) is 0 Å². The first-order chi connectivity index (χ1) is 9.16. The van der Waals surface area contributed by atoms with Crippen molar-refractivity contribution in [1.29, 1.82) is 0 Å². The number of carbonyl (C=O) groups is 1. The molecule has 5 nitrogen and oxygen atoms in total. The summed E-state index contributed by atoms with van der Waals surface area (Å²) in [7, 11) is -4.02. The largest absolute Gasteiger partial charge is 0.398 e. The van der Waals surface area contributed by atoms with E-state index >= 15 is 0 Å². The summed E-state index contributed by atoms with van der Waals surface area (Å²) in [6, 6.07) is 3.07. The zero-order valence-corrected chi connectivity index (χ0v) is 12.5. The Bertz CT molecular complexity index is 600. The Kier molecular flexibility index (Phi) is 5.10. The van der Waals surface area contributed by atoms with Gasteiger partial charge in [0.25, 0.3) is 0 Å². The van der Waals surface area contributed by atoms with Crippen LogP contribution in [-0.2, 0) is 14.6 Å². The van der Waals surface area contributed by atoms with E-state index in [-0.39, 0.29) is 16.5 Å². The fraction of sp³-hybridized carbons (Fsp3) is 0.462. The van der Waals surface area contributed by atoms with Gasteiger partial charge in [0.15, 0.2) is 9.84 Å². The van der Waals surface area contributed by atoms with Crippen LogP contribution in [0, 0.1) is 11.7 Å². The van der Waals surface area contributed by atoms with Crippen molar-refractivity contribution in [3.8, 4) is 0 Å². The molecule has 0 heterocycles. The van der Waals surface area contributed by atoms with Gasteiger partial charge >= 0.3 is 0 Å². The molecule has 0 aliphatic heterocycles. The molecule has 0 aliphatic carbocycles. The van der Waals surface area contributed by atoms with Crippen molar-refractivity contribution in [3.05, 3.63) is 24.0 Å². The van der Waals surface area contributed by atoms with Crippen molar-refractivity contribution in [1.82, 2.24) is 5.32 Å². The van der Waals surface area contributed by atoms with Gasteiger partial charge in [0.2, 0.25) is 5.91 Å². The highest BCUT2D eigenvalue weighted by atomic mass is 32.2. The fourth-order valence-electron chi connectivity index (χ4n) is 1.53. The molecule has 0 aromatic heterocycles. The molecule has 0 spiro atoms. The Morgan fingerprint density at radius 1 is 1.35 bits per heavy atom. The molecular formula is C13H19FN2O3S.